The summed E-state index contributed by atoms with van der Waals surface area (Å²) in [5, 5.41) is 8.11. The van der Waals surface area contributed by atoms with E-state index in [0.717, 1.165) is 37.0 Å². The minimum absolute atomic E-state index is 0.270. The van der Waals surface area contributed by atoms with Crippen molar-refractivity contribution in [3.8, 4) is 5.75 Å². The van der Waals surface area contributed by atoms with Gasteiger partial charge >= 0.3 is 6.09 Å². The fourth-order valence-corrected chi connectivity index (χ4v) is 4.08. The molecule has 9 heteroatoms. The maximum atomic E-state index is 13.3. The number of hydrogen-bond donors (Lipinski definition) is 1. The van der Waals surface area contributed by atoms with Crippen molar-refractivity contribution in [1.82, 2.24) is 10.1 Å². The second-order valence-electron chi connectivity index (χ2n) is 7.43. The molecular weight excluding hydrogens is 425 g/mol. The monoisotopic (exact) mass is 447 g/mol. The Morgan fingerprint density at radius 2 is 2.10 bits per heavy atom. The zero-order chi connectivity index (χ0) is 21.8. The number of ether oxygens (including phenoxy) is 2. The highest BCUT2D eigenvalue weighted by molar-refractivity contribution is 6.32. The number of nitrogens with zero attached hydrogens (tertiary/aromatic N) is 2. The zero-order valence-corrected chi connectivity index (χ0v) is 17.8. The summed E-state index contributed by atoms with van der Waals surface area (Å²) in [7, 11) is 1.53. The lowest BCUT2D eigenvalue weighted by Gasteiger charge is -2.30. The van der Waals surface area contributed by atoms with E-state index in [4.69, 9.17) is 25.6 Å². The number of anilines is 1. The van der Waals surface area contributed by atoms with Gasteiger partial charge in [0.2, 0.25) is 0 Å². The summed E-state index contributed by atoms with van der Waals surface area (Å²) in [5.74, 6) is 0.478. The Morgan fingerprint density at radius 3 is 2.84 bits per heavy atom. The number of halogens is 2. The molecule has 0 aliphatic carbocycles. The first-order valence-corrected chi connectivity index (χ1v) is 10.5. The van der Waals surface area contributed by atoms with E-state index in [-0.39, 0.29) is 18.3 Å². The van der Waals surface area contributed by atoms with Crippen LogP contribution in [0, 0.1) is 5.82 Å². The fourth-order valence-electron chi connectivity index (χ4n) is 3.82. The number of carbonyl (C=O) groups excluding carboxylic acids is 1. The normalized spacial score (nSPS) is 15.2. The van der Waals surface area contributed by atoms with E-state index in [1.807, 2.05) is 0 Å². The molecule has 0 atom stereocenters. The van der Waals surface area contributed by atoms with Crippen molar-refractivity contribution in [2.75, 3.05) is 38.7 Å². The van der Waals surface area contributed by atoms with E-state index in [2.05, 4.69) is 15.4 Å². The number of aromatic nitrogens is 1. The minimum atomic E-state index is -0.530. The number of benzene rings is 2. The third-order valence-electron chi connectivity index (χ3n) is 5.48. The molecule has 4 rings (SSSR count). The Kier molecular flexibility index (Phi) is 6.58. The van der Waals surface area contributed by atoms with Gasteiger partial charge in [-0.3, -0.25) is 10.2 Å². The van der Waals surface area contributed by atoms with E-state index >= 15 is 0 Å². The molecule has 1 N–H and O–H groups in total. The Hall–Kier alpha value is -2.84. The molecule has 2 aromatic carbocycles. The summed E-state index contributed by atoms with van der Waals surface area (Å²) in [6.45, 7) is 2.65. The molecule has 3 aromatic rings. The highest BCUT2D eigenvalue weighted by Gasteiger charge is 2.25. The standard InChI is InChI=1S/C22H23ClFN3O4/c1-29-19-5-3-16(13-18(19)23)25-22(28)30-11-10-27-8-6-14(7-9-27)21-17-4-2-15(24)12-20(17)31-26-21/h2-5,12-14H,6-11H2,1H3,(H,25,28). The van der Waals surface area contributed by atoms with Gasteiger partial charge in [0, 0.05) is 29.6 Å². The minimum Gasteiger partial charge on any atom is -0.495 e. The average molecular weight is 448 g/mol. The zero-order valence-electron chi connectivity index (χ0n) is 17.1. The van der Waals surface area contributed by atoms with E-state index in [1.165, 1.54) is 19.2 Å². The maximum Gasteiger partial charge on any atom is 0.411 e. The van der Waals surface area contributed by atoms with Crippen molar-refractivity contribution >= 4 is 34.4 Å². The molecule has 1 amide bonds. The highest BCUT2D eigenvalue weighted by Crippen LogP contribution is 2.32. The lowest BCUT2D eigenvalue weighted by molar-refractivity contribution is 0.128. The van der Waals surface area contributed by atoms with Crippen LogP contribution >= 0.6 is 11.6 Å². The van der Waals surface area contributed by atoms with Gasteiger partial charge in [-0.1, -0.05) is 16.8 Å². The Bertz CT molecular complexity index is 1070. The van der Waals surface area contributed by atoms with E-state index in [0.29, 0.717) is 28.6 Å². The molecule has 0 bridgehead atoms. The van der Waals surface area contributed by atoms with Crippen LogP contribution in [0.1, 0.15) is 24.5 Å². The number of piperidine rings is 1. The predicted octanol–water partition coefficient (Wildman–Crippen LogP) is 5.06. The van der Waals surface area contributed by atoms with Gasteiger partial charge in [-0.25, -0.2) is 9.18 Å². The molecule has 1 aromatic heterocycles. The molecule has 31 heavy (non-hydrogen) atoms. The number of likely N-dealkylation sites (tertiary alicyclic amines) is 1. The summed E-state index contributed by atoms with van der Waals surface area (Å²) in [4.78, 5) is 14.3. The van der Waals surface area contributed by atoms with Crippen molar-refractivity contribution in [2.45, 2.75) is 18.8 Å². The van der Waals surface area contributed by atoms with Gasteiger partial charge in [0.25, 0.3) is 0 Å². The number of fused-ring (bicyclic) bond motifs is 1. The highest BCUT2D eigenvalue weighted by atomic mass is 35.5. The number of nitrogens with one attached hydrogen (secondary N) is 1. The average Bonchev–Trinajstić information content (AvgIpc) is 3.17. The molecule has 1 saturated heterocycles. The van der Waals surface area contributed by atoms with Crippen LogP contribution in [0.15, 0.2) is 40.9 Å². The summed E-state index contributed by atoms with van der Waals surface area (Å²) >= 11 is 6.06. The first-order chi connectivity index (χ1) is 15.0. The molecular formula is C22H23ClFN3O4. The Balaban J connectivity index is 1.21. The topological polar surface area (TPSA) is 76.8 Å². The second-order valence-corrected chi connectivity index (χ2v) is 7.84. The number of hydrogen-bond acceptors (Lipinski definition) is 6. The predicted molar refractivity (Wildman–Crippen MR) is 115 cm³/mol. The smallest absolute Gasteiger partial charge is 0.411 e. The van der Waals surface area contributed by atoms with Crippen LogP contribution < -0.4 is 10.1 Å². The van der Waals surface area contributed by atoms with Gasteiger partial charge in [0.05, 0.1) is 17.8 Å². The summed E-state index contributed by atoms with van der Waals surface area (Å²) in [6.07, 6.45) is 1.29. The van der Waals surface area contributed by atoms with E-state index in [1.54, 1.807) is 24.3 Å². The SMILES string of the molecule is COc1ccc(NC(=O)OCCN2CCC(c3noc4cc(F)ccc34)CC2)cc1Cl. The first-order valence-electron chi connectivity index (χ1n) is 10.1. The Morgan fingerprint density at radius 1 is 1.29 bits per heavy atom. The summed E-state index contributed by atoms with van der Waals surface area (Å²) in [6, 6.07) is 9.50. The molecule has 1 fully saturated rings. The summed E-state index contributed by atoms with van der Waals surface area (Å²) < 4.78 is 29.0. The largest absolute Gasteiger partial charge is 0.495 e. The molecule has 7 nitrogen and oxygen atoms in total. The van der Waals surface area contributed by atoms with Gasteiger partial charge in [0.15, 0.2) is 5.58 Å². The summed E-state index contributed by atoms with van der Waals surface area (Å²) in [5.41, 5.74) is 1.91. The van der Waals surface area contributed by atoms with Crippen molar-refractivity contribution in [3.05, 3.63) is 52.9 Å². The molecule has 0 saturated carbocycles. The van der Waals surface area contributed by atoms with Crippen LogP contribution in [0.2, 0.25) is 5.02 Å². The number of carbonyl (C=O) groups is 1. The molecule has 2 heterocycles. The molecule has 0 radical (unpaired) electrons. The van der Waals surface area contributed by atoms with Crippen LogP contribution in [0.5, 0.6) is 5.75 Å². The second kappa shape index (κ2) is 9.53. The molecule has 1 aliphatic heterocycles. The number of methoxy groups -OCH3 is 1. The fraction of sp³-hybridized carbons (Fsp3) is 0.364. The van der Waals surface area contributed by atoms with Crippen LogP contribution in [0.3, 0.4) is 0 Å². The van der Waals surface area contributed by atoms with Gasteiger partial charge in [-0.2, -0.15) is 0 Å². The van der Waals surface area contributed by atoms with Crippen molar-refractivity contribution in [3.63, 3.8) is 0 Å². The number of rotatable bonds is 6. The van der Waals surface area contributed by atoms with Gasteiger partial charge in [-0.15, -0.1) is 0 Å². The van der Waals surface area contributed by atoms with Gasteiger partial charge < -0.3 is 14.0 Å². The van der Waals surface area contributed by atoms with Crippen molar-refractivity contribution in [2.24, 2.45) is 0 Å². The van der Waals surface area contributed by atoms with Crippen molar-refractivity contribution in [1.29, 1.82) is 0 Å². The van der Waals surface area contributed by atoms with Gasteiger partial charge in [0.1, 0.15) is 18.2 Å². The lowest BCUT2D eigenvalue weighted by Crippen LogP contribution is -2.36. The van der Waals surface area contributed by atoms with E-state index in [9.17, 15) is 9.18 Å². The molecule has 164 valence electrons. The Labute approximate surface area is 184 Å². The molecule has 0 spiro atoms. The van der Waals surface area contributed by atoms with Crippen LogP contribution in [-0.2, 0) is 4.74 Å². The first kappa shape index (κ1) is 21.4. The molecule has 0 unspecified atom stereocenters. The third-order valence-corrected chi connectivity index (χ3v) is 5.77. The van der Waals surface area contributed by atoms with Gasteiger partial charge in [-0.05, 0) is 56.3 Å². The van der Waals surface area contributed by atoms with Crippen LogP contribution in [-0.4, -0.2) is 49.5 Å². The third kappa shape index (κ3) is 5.08. The lowest BCUT2D eigenvalue weighted by atomic mass is 9.91. The van der Waals surface area contributed by atoms with Crippen LogP contribution in [0.4, 0.5) is 14.9 Å². The maximum absolute atomic E-state index is 13.3. The molecule has 1 aliphatic rings. The van der Waals surface area contributed by atoms with Crippen molar-refractivity contribution < 1.29 is 23.2 Å². The number of amides is 1. The van der Waals surface area contributed by atoms with E-state index < -0.39 is 6.09 Å². The van der Waals surface area contributed by atoms with Crippen LogP contribution in [0.25, 0.3) is 11.0 Å². The quantitative estimate of drug-likeness (QED) is 0.569.